The molecule has 5 nitrogen and oxygen atoms in total. The molecular weight excluding hydrogens is 254 g/mol. The fourth-order valence-electron chi connectivity index (χ4n) is 2.26. The van der Waals surface area contributed by atoms with Gasteiger partial charge in [-0.05, 0) is 32.4 Å². The molecule has 2 amide bonds. The van der Waals surface area contributed by atoms with Crippen LogP contribution in [-0.2, 0) is 9.59 Å². The van der Waals surface area contributed by atoms with Gasteiger partial charge in [-0.15, -0.1) is 0 Å². The highest BCUT2D eigenvalue weighted by Gasteiger charge is 2.38. The number of anilines is 1. The molecule has 20 heavy (non-hydrogen) atoms. The summed E-state index contributed by atoms with van der Waals surface area (Å²) in [4.78, 5) is 25.8. The van der Waals surface area contributed by atoms with Crippen molar-refractivity contribution in [3.05, 3.63) is 30.3 Å². The van der Waals surface area contributed by atoms with E-state index in [2.05, 4.69) is 5.32 Å². The predicted octanol–water partition coefficient (Wildman–Crippen LogP) is 1.60. The van der Waals surface area contributed by atoms with Crippen molar-refractivity contribution in [3.63, 3.8) is 0 Å². The van der Waals surface area contributed by atoms with Crippen molar-refractivity contribution >= 4 is 17.5 Å². The molecule has 5 heteroatoms. The lowest BCUT2D eigenvalue weighted by molar-refractivity contribution is -0.124. The van der Waals surface area contributed by atoms with E-state index >= 15 is 0 Å². The summed E-state index contributed by atoms with van der Waals surface area (Å²) in [6, 6.07) is 10.6. The van der Waals surface area contributed by atoms with Crippen molar-refractivity contribution in [2.75, 3.05) is 4.90 Å². The number of hydrogen-bond donors (Lipinski definition) is 1. The molecule has 2 rings (SSSR count). The van der Waals surface area contributed by atoms with Crippen LogP contribution in [0.1, 0.15) is 26.7 Å². The van der Waals surface area contributed by atoms with E-state index in [0.29, 0.717) is 18.5 Å². The van der Waals surface area contributed by atoms with Gasteiger partial charge >= 0.3 is 0 Å². The van der Waals surface area contributed by atoms with E-state index in [1.165, 1.54) is 4.90 Å². The first-order valence-electron chi connectivity index (χ1n) is 6.55. The van der Waals surface area contributed by atoms with Gasteiger partial charge in [-0.25, -0.2) is 0 Å². The van der Waals surface area contributed by atoms with Gasteiger partial charge in [0.2, 0.25) is 11.8 Å². The van der Waals surface area contributed by atoms with Crippen molar-refractivity contribution in [3.8, 4) is 6.07 Å². The highest BCUT2D eigenvalue weighted by Crippen LogP contribution is 2.26. The first-order valence-corrected chi connectivity index (χ1v) is 6.55. The zero-order valence-corrected chi connectivity index (χ0v) is 11.6. The molecule has 1 aliphatic heterocycles. The van der Waals surface area contributed by atoms with Crippen LogP contribution in [0.2, 0.25) is 0 Å². The molecule has 1 heterocycles. The van der Waals surface area contributed by atoms with E-state index < -0.39 is 11.6 Å². The maximum Gasteiger partial charge on any atom is 0.244 e. The highest BCUT2D eigenvalue weighted by molar-refractivity contribution is 6.03. The van der Waals surface area contributed by atoms with Gasteiger partial charge in [0.15, 0.2) is 0 Å². The fourth-order valence-corrected chi connectivity index (χ4v) is 2.26. The Hall–Kier alpha value is -2.35. The molecule has 0 spiro atoms. The number of carbonyl (C=O) groups excluding carboxylic acids is 2. The summed E-state index contributed by atoms with van der Waals surface area (Å²) in [5.74, 6) is -0.350. The third-order valence-electron chi connectivity index (χ3n) is 3.26. The Kier molecular flexibility index (Phi) is 3.75. The lowest BCUT2D eigenvalue weighted by atomic mass is 10.1. The Bertz CT molecular complexity index is 560. The van der Waals surface area contributed by atoms with Crippen molar-refractivity contribution in [2.45, 2.75) is 38.3 Å². The van der Waals surface area contributed by atoms with E-state index in [4.69, 9.17) is 5.26 Å². The number of para-hydroxylation sites is 1. The molecule has 0 radical (unpaired) electrons. The van der Waals surface area contributed by atoms with Crippen LogP contribution in [0.25, 0.3) is 0 Å². The third-order valence-corrected chi connectivity index (χ3v) is 3.26. The summed E-state index contributed by atoms with van der Waals surface area (Å²) in [7, 11) is 0. The molecule has 1 aliphatic rings. The molecule has 1 fully saturated rings. The maximum atomic E-state index is 12.3. The normalized spacial score (nSPS) is 18.8. The maximum absolute atomic E-state index is 12.3. The smallest absolute Gasteiger partial charge is 0.244 e. The minimum Gasteiger partial charge on any atom is -0.336 e. The minimum atomic E-state index is -0.939. The second-order valence-electron chi connectivity index (χ2n) is 5.38. The van der Waals surface area contributed by atoms with Crippen LogP contribution < -0.4 is 10.2 Å². The zero-order chi connectivity index (χ0) is 14.8. The number of nitriles is 1. The molecule has 1 unspecified atom stereocenters. The summed E-state index contributed by atoms with van der Waals surface area (Å²) >= 11 is 0. The number of carbonyl (C=O) groups is 2. The molecular formula is C15H17N3O2. The minimum absolute atomic E-state index is 0.0638. The summed E-state index contributed by atoms with van der Waals surface area (Å²) in [6.07, 6.45) is 0.820. The van der Waals surface area contributed by atoms with Crippen LogP contribution in [0, 0.1) is 11.3 Å². The Labute approximate surface area is 118 Å². The van der Waals surface area contributed by atoms with E-state index in [1.807, 2.05) is 24.3 Å². The summed E-state index contributed by atoms with van der Waals surface area (Å²) in [6.45, 7) is 3.27. The van der Waals surface area contributed by atoms with Crippen LogP contribution >= 0.6 is 0 Å². The number of nitrogens with zero attached hydrogens (tertiary/aromatic N) is 2. The second kappa shape index (κ2) is 5.33. The molecule has 1 atom stereocenters. The van der Waals surface area contributed by atoms with E-state index in [0.717, 1.165) is 0 Å². The van der Waals surface area contributed by atoms with E-state index in [1.54, 1.807) is 26.0 Å². The zero-order valence-electron chi connectivity index (χ0n) is 11.6. The van der Waals surface area contributed by atoms with Crippen molar-refractivity contribution < 1.29 is 9.59 Å². The van der Waals surface area contributed by atoms with E-state index in [9.17, 15) is 9.59 Å². The summed E-state index contributed by atoms with van der Waals surface area (Å²) < 4.78 is 0. The number of hydrogen-bond acceptors (Lipinski definition) is 3. The molecule has 1 aromatic rings. The lowest BCUT2D eigenvalue weighted by Gasteiger charge is -2.27. The molecule has 0 saturated carbocycles. The average Bonchev–Trinajstić information content (AvgIpc) is 2.81. The number of amides is 2. The van der Waals surface area contributed by atoms with Gasteiger partial charge in [0.25, 0.3) is 0 Å². The topological polar surface area (TPSA) is 73.2 Å². The van der Waals surface area contributed by atoms with Crippen LogP contribution in [0.5, 0.6) is 0 Å². The summed E-state index contributed by atoms with van der Waals surface area (Å²) in [5, 5.41) is 11.6. The van der Waals surface area contributed by atoms with Gasteiger partial charge in [-0.3, -0.25) is 14.5 Å². The molecule has 1 aromatic carbocycles. The monoisotopic (exact) mass is 271 g/mol. The van der Waals surface area contributed by atoms with Gasteiger partial charge in [-0.2, -0.15) is 5.26 Å². The second-order valence-corrected chi connectivity index (χ2v) is 5.38. The Balaban J connectivity index is 2.21. The molecule has 0 aliphatic carbocycles. The third kappa shape index (κ3) is 2.80. The Morgan fingerprint density at radius 2 is 2.05 bits per heavy atom. The van der Waals surface area contributed by atoms with Crippen LogP contribution in [0.3, 0.4) is 0 Å². The average molecular weight is 271 g/mol. The first-order chi connectivity index (χ1) is 9.44. The van der Waals surface area contributed by atoms with Gasteiger partial charge in [0.1, 0.15) is 11.6 Å². The Morgan fingerprint density at radius 1 is 1.40 bits per heavy atom. The lowest BCUT2D eigenvalue weighted by Crippen LogP contribution is -2.51. The standard InChI is InChI=1S/C15H17N3O2/c1-15(2,10-16)17-14(20)12-8-9-13(19)18(12)11-6-4-3-5-7-11/h3-7,12H,8-9H2,1-2H3,(H,17,20). The molecule has 1 saturated heterocycles. The fraction of sp³-hybridized carbons (Fsp3) is 0.400. The number of rotatable bonds is 3. The van der Waals surface area contributed by atoms with Crippen LogP contribution in [0.4, 0.5) is 5.69 Å². The van der Waals surface area contributed by atoms with Gasteiger partial charge in [0, 0.05) is 12.1 Å². The largest absolute Gasteiger partial charge is 0.336 e. The number of benzene rings is 1. The van der Waals surface area contributed by atoms with E-state index in [-0.39, 0.29) is 11.8 Å². The van der Waals surface area contributed by atoms with Gasteiger partial charge in [0.05, 0.1) is 6.07 Å². The van der Waals surface area contributed by atoms with Crippen molar-refractivity contribution in [2.24, 2.45) is 0 Å². The number of nitrogens with one attached hydrogen (secondary N) is 1. The molecule has 0 aromatic heterocycles. The van der Waals surface area contributed by atoms with Crippen LogP contribution in [0.15, 0.2) is 30.3 Å². The SMILES string of the molecule is CC(C)(C#N)NC(=O)C1CCC(=O)N1c1ccccc1. The van der Waals surface area contributed by atoms with Crippen molar-refractivity contribution in [1.82, 2.24) is 5.32 Å². The first kappa shape index (κ1) is 14.1. The molecule has 104 valence electrons. The Morgan fingerprint density at radius 3 is 2.65 bits per heavy atom. The predicted molar refractivity (Wildman–Crippen MR) is 74.8 cm³/mol. The van der Waals surface area contributed by atoms with Gasteiger partial charge < -0.3 is 5.32 Å². The van der Waals surface area contributed by atoms with Crippen molar-refractivity contribution in [1.29, 1.82) is 5.26 Å². The molecule has 0 bridgehead atoms. The summed E-state index contributed by atoms with van der Waals surface area (Å²) in [5.41, 5.74) is -0.227. The van der Waals surface area contributed by atoms with Gasteiger partial charge in [-0.1, -0.05) is 18.2 Å². The van der Waals surface area contributed by atoms with Crippen LogP contribution in [-0.4, -0.2) is 23.4 Å². The quantitative estimate of drug-likeness (QED) is 0.907. The molecule has 1 N–H and O–H groups in total. The highest BCUT2D eigenvalue weighted by atomic mass is 16.2.